The Morgan fingerprint density at radius 3 is 1.27 bits per heavy atom. The molecule has 0 saturated carbocycles. The van der Waals surface area contributed by atoms with E-state index in [2.05, 4.69) is 13.8 Å². The number of hydrogen-bond acceptors (Lipinski definition) is 13. The van der Waals surface area contributed by atoms with E-state index in [1.54, 1.807) is 0 Å². The Balaban J connectivity index is 1.75. The third kappa shape index (κ3) is 24.0. The van der Waals surface area contributed by atoms with Crippen LogP contribution >= 0.6 is 0 Å². The summed E-state index contributed by atoms with van der Waals surface area (Å²) in [5.74, 6) is 0. The molecule has 358 valence electrons. The first-order valence-corrected chi connectivity index (χ1v) is 24.7. The molecular formula is C47H92O13. The van der Waals surface area contributed by atoms with Crippen LogP contribution in [0.25, 0.3) is 0 Å². The Hall–Kier alpha value is -0.520. The van der Waals surface area contributed by atoms with Gasteiger partial charge in [-0.25, -0.2) is 0 Å². The van der Waals surface area contributed by atoms with E-state index >= 15 is 0 Å². The summed E-state index contributed by atoms with van der Waals surface area (Å²) in [6.07, 6.45) is 20.4. The minimum absolute atomic E-state index is 0.0160. The fourth-order valence-electron chi connectivity index (χ4n) is 8.20. The Kier molecular flexibility index (Phi) is 34.1. The summed E-state index contributed by atoms with van der Waals surface area (Å²) < 4.78 is 35.1. The summed E-state index contributed by atoms with van der Waals surface area (Å²) in [6.45, 7) is 4.70. The fraction of sp³-hybridized carbons (Fsp3) is 1.00. The molecule has 0 aromatic heterocycles. The smallest absolute Gasteiger partial charge is 0.187 e. The van der Waals surface area contributed by atoms with Gasteiger partial charge in [0, 0.05) is 13.2 Å². The van der Waals surface area contributed by atoms with Crippen molar-refractivity contribution in [1.29, 1.82) is 0 Å². The van der Waals surface area contributed by atoms with E-state index in [0.29, 0.717) is 19.8 Å². The molecular weight excluding hydrogens is 773 g/mol. The van der Waals surface area contributed by atoms with Gasteiger partial charge < -0.3 is 64.2 Å². The van der Waals surface area contributed by atoms with Gasteiger partial charge in [-0.05, 0) is 12.8 Å². The van der Waals surface area contributed by atoms with Crippen molar-refractivity contribution >= 4 is 0 Å². The van der Waals surface area contributed by atoms with Gasteiger partial charge in [0.2, 0.25) is 0 Å². The average Bonchev–Trinajstić information content (AvgIpc) is 3.25. The maximum absolute atomic E-state index is 11.0. The fourth-order valence-corrected chi connectivity index (χ4v) is 8.20. The van der Waals surface area contributed by atoms with Gasteiger partial charge in [0.15, 0.2) is 12.6 Å². The van der Waals surface area contributed by atoms with Crippen LogP contribution in [0.2, 0.25) is 0 Å². The Morgan fingerprint density at radius 2 is 0.817 bits per heavy atom. The topological polar surface area (TPSA) is 197 Å². The molecule has 0 aromatic carbocycles. The Bertz CT molecular complexity index is 945. The first kappa shape index (κ1) is 55.6. The largest absolute Gasteiger partial charge is 0.394 e. The predicted molar refractivity (Wildman–Crippen MR) is 234 cm³/mol. The molecule has 60 heavy (non-hydrogen) atoms. The maximum Gasteiger partial charge on any atom is 0.187 e. The lowest BCUT2D eigenvalue weighted by molar-refractivity contribution is -0.360. The molecule has 2 rings (SSSR count). The van der Waals surface area contributed by atoms with Crippen LogP contribution in [0.5, 0.6) is 0 Å². The SMILES string of the molecule is CCCCCCCCCCCCCCCCOCC(CO[C@@H]1O[C@H](CO)[C@H](O[C@@H]2O[C@H](CO)[C@H](O)[C@H](O)[C@H]2O)[C@@H](O)[C@H]1O)OCCCCCCCCCCCCCCCC. The van der Waals surface area contributed by atoms with Gasteiger partial charge in [-0.3, -0.25) is 0 Å². The number of aliphatic hydroxyl groups excluding tert-OH is 7. The van der Waals surface area contributed by atoms with Gasteiger partial charge in [-0.15, -0.1) is 0 Å². The molecule has 13 heteroatoms. The van der Waals surface area contributed by atoms with E-state index in [0.717, 1.165) is 25.7 Å². The van der Waals surface area contributed by atoms with Gasteiger partial charge in [0.1, 0.15) is 54.9 Å². The molecule has 13 nitrogen and oxygen atoms in total. The summed E-state index contributed by atoms with van der Waals surface area (Å²) in [5.41, 5.74) is 0. The second-order valence-corrected chi connectivity index (χ2v) is 17.6. The predicted octanol–water partition coefficient (Wildman–Crippen LogP) is 6.99. The summed E-state index contributed by atoms with van der Waals surface area (Å²) in [4.78, 5) is 0. The second kappa shape index (κ2) is 36.8. The minimum atomic E-state index is -1.73. The molecule has 0 spiro atoms. The van der Waals surface area contributed by atoms with Crippen molar-refractivity contribution in [2.45, 2.75) is 261 Å². The molecule has 2 aliphatic rings. The highest BCUT2D eigenvalue weighted by Gasteiger charge is 2.50. The molecule has 2 fully saturated rings. The molecule has 0 bridgehead atoms. The zero-order valence-corrected chi connectivity index (χ0v) is 38.0. The van der Waals surface area contributed by atoms with Crippen LogP contribution in [0, 0.1) is 0 Å². The summed E-state index contributed by atoms with van der Waals surface area (Å²) in [7, 11) is 0. The summed E-state index contributed by atoms with van der Waals surface area (Å²) >= 11 is 0. The van der Waals surface area contributed by atoms with Crippen molar-refractivity contribution in [3.8, 4) is 0 Å². The van der Waals surface area contributed by atoms with Gasteiger partial charge in [-0.1, -0.05) is 181 Å². The third-order valence-corrected chi connectivity index (χ3v) is 12.2. The normalized spacial score (nSPS) is 27.8. The maximum atomic E-state index is 11.0. The van der Waals surface area contributed by atoms with Crippen LogP contribution in [0.4, 0.5) is 0 Å². The van der Waals surface area contributed by atoms with Gasteiger partial charge in [0.25, 0.3) is 0 Å². The number of unbranched alkanes of at least 4 members (excludes halogenated alkanes) is 26. The van der Waals surface area contributed by atoms with E-state index in [1.165, 1.54) is 154 Å². The van der Waals surface area contributed by atoms with E-state index in [-0.39, 0.29) is 6.61 Å². The van der Waals surface area contributed by atoms with Crippen LogP contribution in [0.15, 0.2) is 0 Å². The zero-order valence-electron chi connectivity index (χ0n) is 38.0. The zero-order chi connectivity index (χ0) is 43.6. The first-order valence-electron chi connectivity index (χ1n) is 24.7. The van der Waals surface area contributed by atoms with Crippen molar-refractivity contribution in [2.75, 3.05) is 39.6 Å². The molecule has 2 heterocycles. The number of rotatable bonds is 40. The highest BCUT2D eigenvalue weighted by Crippen LogP contribution is 2.30. The van der Waals surface area contributed by atoms with E-state index in [1.807, 2.05) is 0 Å². The standard InChI is InChI=1S/C47H92O13/c1-3-5-7-9-11-13-15-17-19-21-23-25-27-29-31-55-35-37(56-32-30-28-26-24-22-20-18-16-14-12-10-8-6-4-2)36-57-46-44(54)42(52)45(39(34-49)59-46)60-47-43(53)41(51)40(50)38(33-48)58-47/h37-54H,3-36H2,1-2H3/t37?,38-,39-,40+,41+,42+,43-,44-,45+,46-,47+/m1/s1. The second-order valence-electron chi connectivity index (χ2n) is 17.6. The monoisotopic (exact) mass is 865 g/mol. The highest BCUT2D eigenvalue weighted by molar-refractivity contribution is 4.94. The lowest BCUT2D eigenvalue weighted by Gasteiger charge is -2.46. The minimum Gasteiger partial charge on any atom is -0.394 e. The molecule has 11 atom stereocenters. The van der Waals surface area contributed by atoms with Gasteiger partial charge >= 0.3 is 0 Å². The molecule has 7 N–H and O–H groups in total. The van der Waals surface area contributed by atoms with E-state index in [4.69, 9.17) is 28.4 Å². The average molecular weight is 865 g/mol. The van der Waals surface area contributed by atoms with Crippen LogP contribution in [-0.2, 0) is 28.4 Å². The lowest BCUT2D eigenvalue weighted by atomic mass is 9.97. The Labute approximate surface area is 364 Å². The lowest BCUT2D eigenvalue weighted by Crippen LogP contribution is -2.64. The number of aliphatic hydroxyl groups is 7. The molecule has 0 aliphatic carbocycles. The van der Waals surface area contributed by atoms with Crippen LogP contribution in [-0.4, -0.2) is 143 Å². The van der Waals surface area contributed by atoms with Crippen molar-refractivity contribution in [1.82, 2.24) is 0 Å². The molecule has 2 aliphatic heterocycles. The van der Waals surface area contributed by atoms with Crippen LogP contribution < -0.4 is 0 Å². The van der Waals surface area contributed by atoms with Crippen molar-refractivity contribution in [2.24, 2.45) is 0 Å². The highest BCUT2D eigenvalue weighted by atomic mass is 16.7. The Morgan fingerprint density at radius 1 is 0.417 bits per heavy atom. The molecule has 0 amide bonds. The quantitative estimate of drug-likeness (QED) is 0.0312. The summed E-state index contributed by atoms with van der Waals surface area (Å²) in [6, 6.07) is 0. The van der Waals surface area contributed by atoms with Crippen molar-refractivity contribution in [3.63, 3.8) is 0 Å². The number of hydrogen-bond donors (Lipinski definition) is 7. The molecule has 0 radical (unpaired) electrons. The van der Waals surface area contributed by atoms with E-state index < -0.39 is 80.7 Å². The van der Waals surface area contributed by atoms with Crippen molar-refractivity contribution in [3.05, 3.63) is 0 Å². The van der Waals surface area contributed by atoms with Crippen LogP contribution in [0.1, 0.15) is 194 Å². The summed E-state index contributed by atoms with van der Waals surface area (Å²) in [5, 5.41) is 72.4. The van der Waals surface area contributed by atoms with Gasteiger partial charge in [0.05, 0.1) is 26.4 Å². The van der Waals surface area contributed by atoms with E-state index in [9.17, 15) is 35.7 Å². The van der Waals surface area contributed by atoms with Gasteiger partial charge in [-0.2, -0.15) is 0 Å². The first-order chi connectivity index (χ1) is 29.3. The number of ether oxygens (including phenoxy) is 6. The van der Waals surface area contributed by atoms with Crippen LogP contribution in [0.3, 0.4) is 0 Å². The third-order valence-electron chi connectivity index (χ3n) is 12.2. The molecule has 0 aromatic rings. The van der Waals surface area contributed by atoms with Crippen molar-refractivity contribution < 1.29 is 64.2 Å². The molecule has 1 unspecified atom stereocenters. The molecule has 2 saturated heterocycles.